The van der Waals surface area contributed by atoms with Crippen LogP contribution in [0.3, 0.4) is 0 Å². The lowest BCUT2D eigenvalue weighted by Crippen LogP contribution is -2.55. The molecule has 4 aliphatic rings. The minimum atomic E-state index is 0.0356. The topological polar surface area (TPSA) is 28.9 Å². The van der Waals surface area contributed by atoms with Crippen LogP contribution in [0.5, 0.6) is 11.5 Å². The summed E-state index contributed by atoms with van der Waals surface area (Å²) in [6.45, 7) is 4.98. The molecule has 0 N–H and O–H groups in total. The third-order valence-electron chi connectivity index (χ3n) is 9.72. The van der Waals surface area contributed by atoms with Gasteiger partial charge in [0.1, 0.15) is 11.3 Å². The zero-order valence-corrected chi connectivity index (χ0v) is 20.5. The molecule has 0 bridgehead atoms. The number of hydrogen-bond donors (Lipinski definition) is 0. The quantitative estimate of drug-likeness (QED) is 0.221. The molecule has 1 saturated carbocycles. The normalized spacial score (nSPS) is 24.8. The van der Waals surface area contributed by atoms with E-state index in [-0.39, 0.29) is 11.0 Å². The van der Waals surface area contributed by atoms with E-state index in [0.717, 1.165) is 44.8 Å². The maximum absolute atomic E-state index is 6.72. The lowest BCUT2D eigenvalue weighted by molar-refractivity contribution is 0.195. The summed E-state index contributed by atoms with van der Waals surface area (Å²) in [7, 11) is 0. The van der Waals surface area contributed by atoms with Crippen molar-refractivity contribution in [1.82, 2.24) is 0 Å². The van der Waals surface area contributed by atoms with E-state index in [1.807, 2.05) is 12.1 Å². The van der Waals surface area contributed by atoms with E-state index in [1.54, 1.807) is 0 Å². The van der Waals surface area contributed by atoms with Crippen molar-refractivity contribution in [2.45, 2.75) is 50.5 Å². The Kier molecular flexibility index (Phi) is 3.25. The Morgan fingerprint density at radius 3 is 2.50 bits per heavy atom. The molecule has 5 aromatic rings. The van der Waals surface area contributed by atoms with E-state index >= 15 is 0 Å². The van der Waals surface area contributed by atoms with Gasteiger partial charge in [-0.1, -0.05) is 56.2 Å². The van der Waals surface area contributed by atoms with Crippen LogP contribution in [-0.4, -0.2) is 5.54 Å². The molecule has 1 fully saturated rings. The number of hydrogen-bond acceptors (Lipinski definition) is 4. The maximum Gasteiger partial charge on any atom is 0.194 e. The van der Waals surface area contributed by atoms with Gasteiger partial charge in [0.2, 0.25) is 0 Å². The summed E-state index contributed by atoms with van der Waals surface area (Å²) in [6.07, 6.45) is 4.97. The van der Waals surface area contributed by atoms with Gasteiger partial charge in [0.15, 0.2) is 17.1 Å². The molecule has 0 amide bonds. The summed E-state index contributed by atoms with van der Waals surface area (Å²) >= 11 is 0. The highest BCUT2D eigenvalue weighted by Crippen LogP contribution is 2.70. The molecule has 2 atom stereocenters. The van der Waals surface area contributed by atoms with E-state index in [1.165, 1.54) is 48.3 Å². The highest BCUT2D eigenvalue weighted by atomic mass is 16.5. The van der Waals surface area contributed by atoms with Crippen molar-refractivity contribution in [3.63, 3.8) is 0 Å². The van der Waals surface area contributed by atoms with Crippen molar-refractivity contribution in [3.05, 3.63) is 78.4 Å². The number of benzene rings is 4. The third-order valence-corrected chi connectivity index (χ3v) is 9.72. The van der Waals surface area contributed by atoms with Crippen LogP contribution in [0.15, 0.2) is 77.2 Å². The number of nitrogens with zero attached hydrogens (tertiary/aromatic N) is 2. The Labute approximate surface area is 209 Å². The molecule has 176 valence electrons. The highest BCUT2D eigenvalue weighted by molar-refractivity contribution is 6.12. The highest BCUT2D eigenvalue weighted by Gasteiger charge is 2.60. The van der Waals surface area contributed by atoms with Crippen LogP contribution in [0.2, 0.25) is 0 Å². The van der Waals surface area contributed by atoms with Gasteiger partial charge < -0.3 is 14.1 Å². The van der Waals surface area contributed by atoms with Gasteiger partial charge in [-0.2, -0.15) is 0 Å². The summed E-state index contributed by atoms with van der Waals surface area (Å²) in [4.78, 5) is 5.09. The van der Waals surface area contributed by atoms with Crippen LogP contribution in [0.4, 0.5) is 28.4 Å². The molecule has 9 rings (SSSR count). The number of furan rings is 1. The van der Waals surface area contributed by atoms with Gasteiger partial charge in [-0.3, -0.25) is 4.90 Å². The fourth-order valence-electron chi connectivity index (χ4n) is 7.81. The van der Waals surface area contributed by atoms with Crippen LogP contribution in [0.1, 0.15) is 45.1 Å². The second-order valence-electron chi connectivity index (χ2n) is 11.3. The Morgan fingerprint density at radius 1 is 0.722 bits per heavy atom. The molecule has 1 aromatic heterocycles. The summed E-state index contributed by atoms with van der Waals surface area (Å²) in [6, 6.07) is 26.1. The van der Waals surface area contributed by atoms with Gasteiger partial charge in [-0.25, -0.2) is 0 Å². The monoisotopic (exact) mass is 470 g/mol. The fourth-order valence-corrected chi connectivity index (χ4v) is 7.81. The lowest BCUT2D eigenvalue weighted by Gasteiger charge is -2.52. The smallest absolute Gasteiger partial charge is 0.194 e. The van der Waals surface area contributed by atoms with Gasteiger partial charge in [-0.15, -0.1) is 0 Å². The van der Waals surface area contributed by atoms with Crippen molar-refractivity contribution in [3.8, 4) is 11.5 Å². The molecule has 4 aromatic carbocycles. The average Bonchev–Trinajstić information content (AvgIpc) is 3.38. The summed E-state index contributed by atoms with van der Waals surface area (Å²) < 4.78 is 13.1. The Bertz CT molecular complexity index is 1780. The average molecular weight is 471 g/mol. The van der Waals surface area contributed by atoms with Gasteiger partial charge in [0.05, 0.1) is 28.3 Å². The van der Waals surface area contributed by atoms with Gasteiger partial charge >= 0.3 is 0 Å². The first kappa shape index (κ1) is 19.3. The molecule has 2 unspecified atom stereocenters. The van der Waals surface area contributed by atoms with Crippen molar-refractivity contribution in [2.24, 2.45) is 0 Å². The van der Waals surface area contributed by atoms with Crippen LogP contribution in [-0.2, 0) is 5.41 Å². The van der Waals surface area contributed by atoms with Crippen molar-refractivity contribution in [1.29, 1.82) is 0 Å². The summed E-state index contributed by atoms with van der Waals surface area (Å²) in [5, 5.41) is 2.21. The first-order valence-corrected chi connectivity index (χ1v) is 13.1. The largest absolute Gasteiger partial charge is 0.452 e. The van der Waals surface area contributed by atoms with Crippen LogP contribution >= 0.6 is 0 Å². The van der Waals surface area contributed by atoms with Crippen molar-refractivity contribution < 1.29 is 9.15 Å². The minimum absolute atomic E-state index is 0.0356. The molecular weight excluding hydrogens is 444 g/mol. The molecule has 36 heavy (non-hydrogen) atoms. The van der Waals surface area contributed by atoms with E-state index in [4.69, 9.17) is 9.15 Å². The minimum Gasteiger partial charge on any atom is -0.452 e. The molecule has 4 nitrogen and oxygen atoms in total. The van der Waals surface area contributed by atoms with Crippen LogP contribution in [0, 0.1) is 0 Å². The Hall–Kier alpha value is -3.92. The lowest BCUT2D eigenvalue weighted by atomic mass is 9.61. The number of anilines is 5. The zero-order valence-electron chi connectivity index (χ0n) is 20.5. The fraction of sp³-hybridized carbons (Fsp3) is 0.250. The second kappa shape index (κ2) is 6.07. The van der Waals surface area contributed by atoms with Crippen molar-refractivity contribution >= 4 is 50.4 Å². The van der Waals surface area contributed by atoms with Crippen molar-refractivity contribution in [2.75, 3.05) is 9.80 Å². The molecule has 4 heteroatoms. The molecule has 3 aliphatic heterocycles. The molecule has 0 saturated heterocycles. The number of rotatable bonds is 0. The zero-order chi connectivity index (χ0) is 23.8. The van der Waals surface area contributed by atoms with E-state index in [2.05, 4.69) is 84.3 Å². The van der Waals surface area contributed by atoms with Crippen LogP contribution in [0.25, 0.3) is 21.9 Å². The predicted octanol–water partition coefficient (Wildman–Crippen LogP) is 9.22. The van der Waals surface area contributed by atoms with E-state index < -0.39 is 0 Å². The standard InChI is InChI=1S/C32H26N2O2/c1-31-17-5-6-18-32(31,2)34-23-12-8-14-26-28(23)33(22-11-7-10-21(31)27(22)34)24-16-15-20-19-9-3-4-13-25(19)35-29(20)30(24)36-26/h3-4,7-16H,5-6,17-18H2,1-2H3. The Morgan fingerprint density at radius 2 is 1.56 bits per heavy atom. The maximum atomic E-state index is 6.72. The molecule has 4 heterocycles. The SMILES string of the molecule is CC12CCCCC1(C)N1c3cccc4c3N(c3cccc2c31)c1ccc2c(oc3ccccc32)c1O4. The number of fused-ring (bicyclic) bond motifs is 11. The molecule has 0 radical (unpaired) electrons. The molecule has 1 aliphatic carbocycles. The summed E-state index contributed by atoms with van der Waals surface area (Å²) in [5.74, 6) is 1.68. The second-order valence-corrected chi connectivity index (χ2v) is 11.3. The van der Waals surface area contributed by atoms with Gasteiger partial charge in [-0.05, 0) is 61.7 Å². The van der Waals surface area contributed by atoms with Gasteiger partial charge in [0.25, 0.3) is 0 Å². The molecular formula is C32H26N2O2. The van der Waals surface area contributed by atoms with Crippen LogP contribution < -0.4 is 14.5 Å². The summed E-state index contributed by atoms with van der Waals surface area (Å²) in [5.41, 5.74) is 9.37. The van der Waals surface area contributed by atoms with E-state index in [9.17, 15) is 0 Å². The third kappa shape index (κ3) is 1.95. The molecule has 0 spiro atoms. The predicted molar refractivity (Wildman–Crippen MR) is 145 cm³/mol. The first-order valence-electron chi connectivity index (χ1n) is 13.1. The van der Waals surface area contributed by atoms with Gasteiger partial charge in [0, 0.05) is 16.2 Å². The van der Waals surface area contributed by atoms with E-state index in [0.29, 0.717) is 0 Å². The first-order chi connectivity index (χ1) is 17.6. The number of ether oxygens (including phenoxy) is 1. The Balaban J connectivity index is 1.39. The number of para-hydroxylation sites is 3.